The average Bonchev–Trinajstić information content (AvgIpc) is 1.83. The van der Waals surface area contributed by atoms with Crippen LogP contribution in [0.2, 0.25) is 0 Å². The topological polar surface area (TPSA) is 18.5 Å². The van der Waals surface area contributed by atoms with Crippen molar-refractivity contribution in [3.63, 3.8) is 0 Å². The molecule has 0 aromatic rings. The van der Waals surface area contributed by atoms with Gasteiger partial charge in [0.15, 0.2) is 5.56 Å². The highest BCUT2D eigenvalue weighted by Gasteiger charge is 2.31. The van der Waals surface area contributed by atoms with E-state index >= 15 is 0 Å². The molecule has 1 fully saturated rings. The fourth-order valence-electron chi connectivity index (χ4n) is 0.478. The van der Waals surface area contributed by atoms with Crippen molar-refractivity contribution in [3.8, 4) is 0 Å². The molecule has 3 atom stereocenters. The summed E-state index contributed by atoms with van der Waals surface area (Å²) >= 11 is 16.8. The average molecular weight is 191 g/mol. The molecule has 3 unspecified atom stereocenters. The van der Waals surface area contributed by atoms with E-state index in [2.05, 4.69) is 9.78 Å². The highest BCUT2D eigenvalue weighted by molar-refractivity contribution is 6.34. The molecule has 0 amide bonds. The summed E-state index contributed by atoms with van der Waals surface area (Å²) in [5, 5.41) is -0.634. The standard InChI is InChI=1S/C4H5Cl3O2/c5-2-1-8-9-4(7)3(2)6/h2-4H,1H2. The van der Waals surface area contributed by atoms with E-state index in [1.807, 2.05) is 0 Å². The summed E-state index contributed by atoms with van der Waals surface area (Å²) in [6.45, 7) is 0.291. The Balaban J connectivity index is 2.41. The monoisotopic (exact) mass is 190 g/mol. The first-order chi connectivity index (χ1) is 4.22. The zero-order valence-electron chi connectivity index (χ0n) is 4.39. The molecule has 0 aromatic carbocycles. The van der Waals surface area contributed by atoms with Gasteiger partial charge in [-0.05, 0) is 0 Å². The number of rotatable bonds is 0. The van der Waals surface area contributed by atoms with Gasteiger partial charge in [-0.25, -0.2) is 9.78 Å². The molecule has 0 aliphatic carbocycles. The molecule has 0 spiro atoms. The maximum Gasteiger partial charge on any atom is 0.184 e. The van der Waals surface area contributed by atoms with Gasteiger partial charge in [0.1, 0.15) is 6.61 Å². The smallest absolute Gasteiger partial charge is 0.184 e. The van der Waals surface area contributed by atoms with Gasteiger partial charge in [-0.3, -0.25) is 0 Å². The largest absolute Gasteiger partial charge is 0.234 e. The molecule has 54 valence electrons. The van der Waals surface area contributed by atoms with Crippen LogP contribution in [-0.4, -0.2) is 22.9 Å². The first-order valence-electron chi connectivity index (χ1n) is 2.42. The molecule has 9 heavy (non-hydrogen) atoms. The van der Waals surface area contributed by atoms with Gasteiger partial charge < -0.3 is 0 Å². The minimum atomic E-state index is -0.636. The highest BCUT2D eigenvalue weighted by atomic mass is 35.5. The van der Waals surface area contributed by atoms with E-state index in [1.54, 1.807) is 0 Å². The third-order valence-corrected chi connectivity index (χ3v) is 2.52. The maximum absolute atomic E-state index is 5.65. The van der Waals surface area contributed by atoms with Crippen LogP contribution in [0.3, 0.4) is 0 Å². The van der Waals surface area contributed by atoms with Gasteiger partial charge in [0, 0.05) is 0 Å². The van der Waals surface area contributed by atoms with E-state index in [-0.39, 0.29) is 10.8 Å². The van der Waals surface area contributed by atoms with Gasteiger partial charge in [-0.2, -0.15) is 0 Å². The van der Waals surface area contributed by atoms with Crippen molar-refractivity contribution in [2.24, 2.45) is 0 Å². The van der Waals surface area contributed by atoms with Crippen molar-refractivity contribution in [3.05, 3.63) is 0 Å². The second kappa shape index (κ2) is 3.26. The van der Waals surface area contributed by atoms with Gasteiger partial charge in [-0.1, -0.05) is 11.6 Å². The quantitative estimate of drug-likeness (QED) is 0.429. The van der Waals surface area contributed by atoms with Crippen LogP contribution in [0, 0.1) is 0 Å². The molecule has 1 aliphatic rings. The molecule has 0 N–H and O–H groups in total. The van der Waals surface area contributed by atoms with Gasteiger partial charge in [0.2, 0.25) is 0 Å². The van der Waals surface area contributed by atoms with Crippen molar-refractivity contribution in [1.82, 2.24) is 0 Å². The lowest BCUT2D eigenvalue weighted by Gasteiger charge is -2.25. The van der Waals surface area contributed by atoms with Crippen LogP contribution in [0.5, 0.6) is 0 Å². The predicted octanol–water partition coefficient (Wildman–Crippen LogP) is 1.73. The Morgan fingerprint density at radius 2 is 1.89 bits per heavy atom. The molecule has 0 radical (unpaired) electrons. The molecule has 0 saturated carbocycles. The minimum absolute atomic E-state index is 0.261. The Bertz CT molecular complexity index is 89.8. The molecule has 5 heteroatoms. The first-order valence-corrected chi connectivity index (χ1v) is 3.73. The van der Waals surface area contributed by atoms with Crippen LogP contribution in [0.15, 0.2) is 0 Å². The van der Waals surface area contributed by atoms with E-state index in [9.17, 15) is 0 Å². The molecule has 1 saturated heterocycles. The zero-order valence-corrected chi connectivity index (χ0v) is 6.66. The third kappa shape index (κ3) is 1.85. The fourth-order valence-corrected chi connectivity index (χ4v) is 1.08. The van der Waals surface area contributed by atoms with Crippen LogP contribution < -0.4 is 0 Å². The molecule has 1 aliphatic heterocycles. The number of alkyl halides is 3. The Morgan fingerprint density at radius 1 is 1.22 bits per heavy atom. The molecular formula is C4H5Cl3O2. The van der Waals surface area contributed by atoms with Crippen molar-refractivity contribution in [1.29, 1.82) is 0 Å². The predicted molar refractivity (Wildman–Crippen MR) is 36.0 cm³/mol. The Kier molecular flexibility index (Phi) is 2.86. The van der Waals surface area contributed by atoms with Gasteiger partial charge in [0.25, 0.3) is 0 Å². The summed E-state index contributed by atoms with van der Waals surface area (Å²) in [5.74, 6) is 0. The Morgan fingerprint density at radius 3 is 2.33 bits per heavy atom. The van der Waals surface area contributed by atoms with Crippen molar-refractivity contribution in [2.75, 3.05) is 6.61 Å². The van der Waals surface area contributed by atoms with Crippen molar-refractivity contribution >= 4 is 34.8 Å². The molecule has 2 nitrogen and oxygen atoms in total. The molecule has 1 rings (SSSR count). The fraction of sp³-hybridized carbons (Fsp3) is 1.00. The summed E-state index contributed by atoms with van der Waals surface area (Å²) in [6, 6.07) is 0. The van der Waals surface area contributed by atoms with E-state index in [0.717, 1.165) is 0 Å². The second-order valence-corrected chi connectivity index (χ2v) is 3.19. The second-order valence-electron chi connectivity index (χ2n) is 1.69. The maximum atomic E-state index is 5.65. The molecule has 1 heterocycles. The molecule has 0 bridgehead atoms. The highest BCUT2D eigenvalue weighted by Crippen LogP contribution is 2.24. The zero-order chi connectivity index (χ0) is 6.85. The van der Waals surface area contributed by atoms with E-state index in [4.69, 9.17) is 34.8 Å². The summed E-state index contributed by atoms with van der Waals surface area (Å²) < 4.78 is 0. The first kappa shape index (κ1) is 7.89. The third-order valence-electron chi connectivity index (χ3n) is 0.983. The van der Waals surface area contributed by atoms with E-state index in [0.29, 0.717) is 6.61 Å². The van der Waals surface area contributed by atoms with Gasteiger partial charge in [0.05, 0.1) is 10.8 Å². The molecular weight excluding hydrogens is 186 g/mol. The van der Waals surface area contributed by atoms with Crippen LogP contribution in [0.1, 0.15) is 0 Å². The summed E-state index contributed by atoms with van der Waals surface area (Å²) in [6.07, 6.45) is 0. The number of hydrogen-bond acceptors (Lipinski definition) is 2. The van der Waals surface area contributed by atoms with Gasteiger partial charge in [-0.15, -0.1) is 23.2 Å². The number of hydrogen-bond donors (Lipinski definition) is 0. The lowest BCUT2D eigenvalue weighted by Crippen LogP contribution is -2.36. The SMILES string of the molecule is ClC1COOC(Cl)C1Cl. The van der Waals surface area contributed by atoms with Crippen LogP contribution in [-0.2, 0) is 9.78 Å². The Labute approximate surface area is 67.9 Å². The number of halogens is 3. The van der Waals surface area contributed by atoms with Gasteiger partial charge >= 0.3 is 0 Å². The summed E-state index contributed by atoms with van der Waals surface area (Å²) in [5.41, 5.74) is -0.636. The van der Waals surface area contributed by atoms with Crippen molar-refractivity contribution in [2.45, 2.75) is 16.3 Å². The van der Waals surface area contributed by atoms with Crippen molar-refractivity contribution < 1.29 is 9.78 Å². The normalized spacial score (nSPS) is 45.0. The summed E-state index contributed by atoms with van der Waals surface area (Å²) in [7, 11) is 0. The van der Waals surface area contributed by atoms with Crippen LogP contribution in [0.4, 0.5) is 0 Å². The minimum Gasteiger partial charge on any atom is -0.234 e. The van der Waals surface area contributed by atoms with E-state index in [1.165, 1.54) is 0 Å². The van der Waals surface area contributed by atoms with Crippen LogP contribution >= 0.6 is 34.8 Å². The van der Waals surface area contributed by atoms with Crippen LogP contribution in [0.25, 0.3) is 0 Å². The lowest BCUT2D eigenvalue weighted by atomic mass is 10.3. The summed E-state index contributed by atoms with van der Waals surface area (Å²) in [4.78, 5) is 9.03. The molecule has 0 aromatic heterocycles. The van der Waals surface area contributed by atoms with E-state index < -0.39 is 5.56 Å². The lowest BCUT2D eigenvalue weighted by molar-refractivity contribution is -0.322. The Hall–Kier alpha value is 0.790.